The number of amides is 1. The molecule has 1 amide bonds. The third-order valence-electron chi connectivity index (χ3n) is 6.24. The number of methoxy groups -OCH3 is 1. The number of nitrogens with zero attached hydrogens (tertiary/aromatic N) is 2. The van der Waals surface area contributed by atoms with E-state index < -0.39 is 0 Å². The monoisotopic (exact) mass is 567 g/mol. The average Bonchev–Trinajstić information content (AvgIpc) is 2.96. The highest BCUT2D eigenvalue weighted by molar-refractivity contribution is 9.11. The molecule has 0 bridgehead atoms. The first-order valence-electron chi connectivity index (χ1n) is 12.2. The zero-order valence-corrected chi connectivity index (χ0v) is 22.3. The Hall–Kier alpha value is -4.23. The summed E-state index contributed by atoms with van der Waals surface area (Å²) in [5.41, 5.74) is 7.63. The van der Waals surface area contributed by atoms with Gasteiger partial charge in [-0.15, -0.1) is 0 Å². The summed E-state index contributed by atoms with van der Waals surface area (Å²) in [5.74, 6) is 1.18. The molecule has 0 fully saturated rings. The summed E-state index contributed by atoms with van der Waals surface area (Å²) in [6.07, 6.45) is 10.1. The van der Waals surface area contributed by atoms with E-state index in [2.05, 4.69) is 75.0 Å². The van der Waals surface area contributed by atoms with Crippen LogP contribution < -0.4 is 14.9 Å². The van der Waals surface area contributed by atoms with Crippen LogP contribution in [0.5, 0.6) is 11.5 Å². The summed E-state index contributed by atoms with van der Waals surface area (Å²) < 4.78 is 11.8. The third kappa shape index (κ3) is 6.18. The van der Waals surface area contributed by atoms with Crippen LogP contribution in [0.1, 0.15) is 16.7 Å². The minimum atomic E-state index is -0.347. The van der Waals surface area contributed by atoms with Crippen molar-refractivity contribution in [3.8, 4) is 11.5 Å². The van der Waals surface area contributed by atoms with E-state index in [1.807, 2.05) is 54.6 Å². The van der Waals surface area contributed by atoms with E-state index in [4.69, 9.17) is 14.5 Å². The Kier molecular flexibility index (Phi) is 7.95. The zero-order valence-electron chi connectivity index (χ0n) is 20.8. The van der Waals surface area contributed by atoms with Gasteiger partial charge in [-0.2, -0.15) is 5.10 Å². The van der Waals surface area contributed by atoms with Gasteiger partial charge in [0.1, 0.15) is 11.5 Å². The number of carbonyl (C=O) groups excluding carboxylic acids is 1. The molecule has 5 rings (SSSR count). The number of rotatable bonds is 8. The maximum absolute atomic E-state index is 12.1. The molecule has 0 radical (unpaired) electrons. The van der Waals surface area contributed by atoms with Crippen LogP contribution in [0, 0.1) is 5.92 Å². The van der Waals surface area contributed by atoms with Crippen molar-refractivity contribution in [1.82, 2.24) is 5.43 Å². The molecular weight excluding hydrogens is 542 g/mol. The Bertz CT molecular complexity index is 1440. The molecular formula is C31H26BrN3O3. The molecule has 2 atom stereocenters. The Labute approximate surface area is 230 Å². The first-order chi connectivity index (χ1) is 18.6. The number of dihydropyridines is 1. The van der Waals surface area contributed by atoms with Crippen molar-refractivity contribution in [3.63, 3.8) is 0 Å². The standard InChI is InChI=1S/C31H26BrN3O3/c1-37-25-12-7-21(8-13-25)19-33-35-31(36)20-38-26-14-9-23(10-15-26)30-18-27(22-5-3-2-4-6-22)28-17-24(32)11-16-29(28)34-30/h2-19,28-29H,20H2,1H3,(H,35,36)/b33-19-/t28-,29+/m0/s1. The fraction of sp³-hybridized carbons (Fsp3) is 0.129. The Morgan fingerprint density at radius 1 is 1.00 bits per heavy atom. The predicted molar refractivity (Wildman–Crippen MR) is 155 cm³/mol. The first-order valence-corrected chi connectivity index (χ1v) is 13.0. The van der Waals surface area contributed by atoms with E-state index in [1.165, 1.54) is 11.1 Å². The van der Waals surface area contributed by atoms with Crippen LogP contribution in [0.4, 0.5) is 0 Å². The number of carbonyl (C=O) groups is 1. The van der Waals surface area contributed by atoms with Gasteiger partial charge in [-0.05, 0) is 76.9 Å². The van der Waals surface area contributed by atoms with Crippen LogP contribution >= 0.6 is 15.9 Å². The Balaban J connectivity index is 1.22. The minimum absolute atomic E-state index is 0.0320. The lowest BCUT2D eigenvalue weighted by molar-refractivity contribution is -0.123. The quantitative estimate of drug-likeness (QED) is 0.270. The van der Waals surface area contributed by atoms with Gasteiger partial charge in [0.15, 0.2) is 6.61 Å². The van der Waals surface area contributed by atoms with Crippen molar-refractivity contribution >= 4 is 39.3 Å². The van der Waals surface area contributed by atoms with Crippen LogP contribution in [0.25, 0.3) is 5.57 Å². The molecule has 1 aliphatic heterocycles. The Morgan fingerprint density at radius 3 is 2.47 bits per heavy atom. The van der Waals surface area contributed by atoms with Gasteiger partial charge in [0.25, 0.3) is 5.91 Å². The highest BCUT2D eigenvalue weighted by Gasteiger charge is 2.28. The smallest absolute Gasteiger partial charge is 0.277 e. The highest BCUT2D eigenvalue weighted by Crippen LogP contribution is 2.37. The molecule has 38 heavy (non-hydrogen) atoms. The van der Waals surface area contributed by atoms with Gasteiger partial charge >= 0.3 is 0 Å². The number of allylic oxidation sites excluding steroid dienone is 3. The number of ether oxygens (including phenoxy) is 2. The topological polar surface area (TPSA) is 72.3 Å². The van der Waals surface area contributed by atoms with E-state index in [-0.39, 0.29) is 24.5 Å². The summed E-state index contributed by atoms with van der Waals surface area (Å²) >= 11 is 3.62. The van der Waals surface area contributed by atoms with Gasteiger partial charge in [-0.1, -0.05) is 64.5 Å². The summed E-state index contributed by atoms with van der Waals surface area (Å²) in [5, 5.41) is 3.97. The molecule has 0 saturated heterocycles. The van der Waals surface area contributed by atoms with Crippen molar-refractivity contribution in [3.05, 3.63) is 124 Å². The number of hydrogen-bond donors (Lipinski definition) is 1. The molecule has 0 saturated carbocycles. The highest BCUT2D eigenvalue weighted by atomic mass is 79.9. The van der Waals surface area contributed by atoms with Gasteiger partial charge in [0.05, 0.1) is 25.1 Å². The number of hydrogen-bond acceptors (Lipinski definition) is 5. The number of halogens is 1. The van der Waals surface area contributed by atoms with Gasteiger partial charge in [0.2, 0.25) is 0 Å². The van der Waals surface area contributed by atoms with E-state index in [0.717, 1.165) is 27.1 Å². The third-order valence-corrected chi connectivity index (χ3v) is 6.77. The molecule has 1 N–H and O–H groups in total. The predicted octanol–water partition coefficient (Wildman–Crippen LogP) is 5.94. The fourth-order valence-electron chi connectivity index (χ4n) is 4.31. The minimum Gasteiger partial charge on any atom is -0.497 e. The molecule has 2 aliphatic rings. The summed E-state index contributed by atoms with van der Waals surface area (Å²) in [6.45, 7) is -0.145. The second-order valence-electron chi connectivity index (χ2n) is 8.79. The number of hydrazone groups is 1. The molecule has 6 nitrogen and oxygen atoms in total. The molecule has 1 heterocycles. The van der Waals surface area contributed by atoms with Gasteiger partial charge in [0, 0.05) is 10.4 Å². The largest absolute Gasteiger partial charge is 0.497 e. The van der Waals surface area contributed by atoms with Crippen molar-refractivity contribution in [2.45, 2.75) is 6.04 Å². The molecule has 0 spiro atoms. The Morgan fingerprint density at radius 2 is 1.74 bits per heavy atom. The van der Waals surface area contributed by atoms with Crippen LogP contribution in [0.15, 0.2) is 118 Å². The number of aliphatic imine (C=N–C) groups is 1. The first kappa shape index (κ1) is 25.4. The van der Waals surface area contributed by atoms with Gasteiger partial charge in [-0.25, -0.2) is 5.43 Å². The number of benzene rings is 3. The lowest BCUT2D eigenvalue weighted by atomic mass is 9.81. The summed E-state index contributed by atoms with van der Waals surface area (Å²) in [6, 6.07) is 25.4. The summed E-state index contributed by atoms with van der Waals surface area (Å²) in [7, 11) is 1.61. The fourth-order valence-corrected chi connectivity index (χ4v) is 4.75. The molecule has 3 aromatic rings. The normalized spacial score (nSPS) is 18.2. The maximum atomic E-state index is 12.1. The van der Waals surface area contributed by atoms with Crippen molar-refractivity contribution in [1.29, 1.82) is 0 Å². The van der Waals surface area contributed by atoms with Crippen LogP contribution in [-0.2, 0) is 4.79 Å². The second kappa shape index (κ2) is 11.9. The number of nitrogens with one attached hydrogen (secondary N) is 1. The molecule has 7 heteroatoms. The number of fused-ring (bicyclic) bond motifs is 1. The van der Waals surface area contributed by atoms with E-state index >= 15 is 0 Å². The molecule has 190 valence electrons. The average molecular weight is 568 g/mol. The zero-order chi connectivity index (χ0) is 26.3. The molecule has 1 aliphatic carbocycles. The lowest BCUT2D eigenvalue weighted by Crippen LogP contribution is -2.25. The lowest BCUT2D eigenvalue weighted by Gasteiger charge is -2.29. The van der Waals surface area contributed by atoms with Crippen LogP contribution in [0.3, 0.4) is 0 Å². The van der Waals surface area contributed by atoms with E-state index in [0.29, 0.717) is 5.75 Å². The van der Waals surface area contributed by atoms with E-state index in [9.17, 15) is 4.79 Å². The molecule has 3 aromatic carbocycles. The van der Waals surface area contributed by atoms with Crippen molar-refractivity contribution in [2.75, 3.05) is 13.7 Å². The van der Waals surface area contributed by atoms with Crippen LogP contribution in [0.2, 0.25) is 0 Å². The van der Waals surface area contributed by atoms with Gasteiger partial charge < -0.3 is 9.47 Å². The molecule has 0 aromatic heterocycles. The maximum Gasteiger partial charge on any atom is 0.277 e. The van der Waals surface area contributed by atoms with Crippen LogP contribution in [-0.4, -0.2) is 37.6 Å². The second-order valence-corrected chi connectivity index (χ2v) is 9.70. The molecule has 0 unspecified atom stereocenters. The van der Waals surface area contributed by atoms with Crippen molar-refractivity contribution < 1.29 is 14.3 Å². The van der Waals surface area contributed by atoms with Gasteiger partial charge in [-0.3, -0.25) is 9.79 Å². The summed E-state index contributed by atoms with van der Waals surface area (Å²) in [4.78, 5) is 17.2. The van der Waals surface area contributed by atoms with Crippen molar-refractivity contribution in [2.24, 2.45) is 16.0 Å². The van der Waals surface area contributed by atoms with E-state index in [1.54, 1.807) is 13.3 Å². The SMILES string of the molecule is COc1ccc(/C=N\NC(=O)COc2ccc(C3=N[C@@H]4C=CC(Br)=C[C@H]4C(c4ccccc4)=C3)cc2)cc1.